The quantitative estimate of drug-likeness (QED) is 0.217. The molecule has 0 spiro atoms. The summed E-state index contributed by atoms with van der Waals surface area (Å²) in [5.41, 5.74) is 0. The van der Waals surface area contributed by atoms with Crippen LogP contribution in [0.3, 0.4) is 0 Å². The number of alkyl halides is 1. The van der Waals surface area contributed by atoms with Crippen LogP contribution < -0.4 is 0 Å². The van der Waals surface area contributed by atoms with Gasteiger partial charge < -0.3 is 0 Å². The molecule has 2 aliphatic rings. The van der Waals surface area contributed by atoms with Crippen LogP contribution in [0.1, 0.15) is 90.4 Å². The summed E-state index contributed by atoms with van der Waals surface area (Å²) in [5.74, 6) is 2.17. The lowest BCUT2D eigenvalue weighted by molar-refractivity contribution is 0.327. The van der Waals surface area contributed by atoms with Crippen LogP contribution in [0.4, 0.5) is 0 Å². The van der Waals surface area contributed by atoms with E-state index in [1.807, 2.05) is 0 Å². The van der Waals surface area contributed by atoms with Crippen molar-refractivity contribution < 1.29 is 0 Å². The van der Waals surface area contributed by atoms with Crippen LogP contribution in [-0.2, 0) is 0 Å². The molecule has 2 rings (SSSR count). The second kappa shape index (κ2) is 11.3. The van der Waals surface area contributed by atoms with Gasteiger partial charge in [-0.1, -0.05) is 98.8 Å². The van der Waals surface area contributed by atoms with E-state index in [1.165, 1.54) is 64.2 Å². The first-order valence-corrected chi connectivity index (χ1v) is 13.3. The molecule has 0 N–H and O–H groups in total. The first-order chi connectivity index (χ1) is 10.8. The molecule has 0 nitrogen and oxygen atoms in total. The molecule has 1 aliphatic carbocycles. The summed E-state index contributed by atoms with van der Waals surface area (Å²) in [5, 5.41) is 0. The minimum Gasteiger partial charge on any atom is -0.0891 e. The van der Waals surface area contributed by atoms with Crippen molar-refractivity contribution >= 4 is 24.7 Å². The van der Waals surface area contributed by atoms with Crippen LogP contribution in [0, 0.1) is 11.8 Å². The van der Waals surface area contributed by atoms with Gasteiger partial charge in [0, 0.05) is 13.6 Å². The van der Waals surface area contributed by atoms with E-state index in [-0.39, 0.29) is 8.80 Å². The number of hydrogen-bond acceptors (Lipinski definition) is 0. The molecule has 1 radical (unpaired) electrons. The topological polar surface area (TPSA) is 0 Å². The van der Waals surface area contributed by atoms with E-state index < -0.39 is 0 Å². The maximum Gasteiger partial charge on any atom is 0.0479 e. The summed E-state index contributed by atoms with van der Waals surface area (Å²) < 4.78 is 0. The molecule has 22 heavy (non-hydrogen) atoms. The van der Waals surface area contributed by atoms with Crippen LogP contribution in [-0.4, -0.2) is 13.6 Å². The van der Waals surface area contributed by atoms with Crippen molar-refractivity contribution in [2.24, 2.45) is 11.8 Å². The summed E-state index contributed by atoms with van der Waals surface area (Å²) in [7, 11) is 0.0907. The van der Waals surface area contributed by atoms with Crippen molar-refractivity contribution in [2.45, 2.75) is 113 Å². The zero-order valence-corrected chi connectivity index (χ0v) is 17.5. The molecule has 1 aliphatic heterocycles. The monoisotopic (exact) mass is 385 g/mol. The number of hydrogen-bond donors (Lipinski definition) is 0. The van der Waals surface area contributed by atoms with Crippen molar-refractivity contribution in [2.75, 3.05) is 0 Å². The molecular formula is C20H38BrSi. The third-order valence-corrected chi connectivity index (χ3v) is 10.2. The van der Waals surface area contributed by atoms with Crippen LogP contribution in [0.2, 0.25) is 18.1 Å². The zero-order chi connectivity index (χ0) is 15.6. The number of rotatable bonds is 9. The molecule has 2 heteroatoms. The van der Waals surface area contributed by atoms with E-state index in [2.05, 4.69) is 22.9 Å². The Balaban J connectivity index is 1.45. The summed E-state index contributed by atoms with van der Waals surface area (Å²) >= 11 is 3.78. The van der Waals surface area contributed by atoms with Gasteiger partial charge in [0.05, 0.1) is 0 Å². The average Bonchev–Trinajstić information content (AvgIpc) is 2.55. The highest BCUT2D eigenvalue weighted by Crippen LogP contribution is 2.34. The SMILES string of the molecule is CCCCC[Si]1CCC(CCCCC2CCC(Br)CC2)CC1. The second-order valence-corrected chi connectivity index (χ2v) is 12.3. The molecule has 0 bridgehead atoms. The van der Waals surface area contributed by atoms with Crippen molar-refractivity contribution in [3.05, 3.63) is 0 Å². The third kappa shape index (κ3) is 7.51. The summed E-state index contributed by atoms with van der Waals surface area (Å²) in [6.07, 6.45) is 19.5. The molecular weight excluding hydrogens is 348 g/mol. The minimum absolute atomic E-state index is 0.0907. The number of unbranched alkanes of at least 4 members (excludes halogenated alkanes) is 3. The lowest BCUT2D eigenvalue weighted by atomic mass is 9.85. The minimum atomic E-state index is 0.0907. The Morgan fingerprint density at radius 1 is 0.773 bits per heavy atom. The maximum absolute atomic E-state index is 3.78. The first-order valence-electron chi connectivity index (χ1n) is 10.3. The highest BCUT2D eigenvalue weighted by molar-refractivity contribution is 9.09. The van der Waals surface area contributed by atoms with Crippen molar-refractivity contribution in [1.29, 1.82) is 0 Å². The maximum atomic E-state index is 3.78. The Morgan fingerprint density at radius 2 is 1.36 bits per heavy atom. The van der Waals surface area contributed by atoms with Gasteiger partial charge in [-0.05, 0) is 37.5 Å². The lowest BCUT2D eigenvalue weighted by Crippen LogP contribution is -2.21. The second-order valence-electron chi connectivity index (χ2n) is 8.05. The Bertz CT molecular complexity index is 265. The van der Waals surface area contributed by atoms with E-state index in [4.69, 9.17) is 0 Å². The van der Waals surface area contributed by atoms with Gasteiger partial charge in [-0.25, -0.2) is 0 Å². The van der Waals surface area contributed by atoms with Gasteiger partial charge >= 0.3 is 0 Å². The molecule has 2 fully saturated rings. The smallest absolute Gasteiger partial charge is 0.0479 e. The highest BCUT2D eigenvalue weighted by Gasteiger charge is 2.22. The Hall–Kier alpha value is 0.697. The van der Waals surface area contributed by atoms with Gasteiger partial charge in [0.25, 0.3) is 0 Å². The summed E-state index contributed by atoms with van der Waals surface area (Å²) in [6, 6.07) is 4.92. The standard InChI is InChI=1S/C20H38BrSi/c1-2-3-6-15-22-16-13-19(14-17-22)8-5-4-7-18-9-11-20(21)12-10-18/h18-20H,2-17H2,1H3. The van der Waals surface area contributed by atoms with Gasteiger partial charge in [0.15, 0.2) is 0 Å². The average molecular weight is 387 g/mol. The fourth-order valence-corrected chi connectivity index (χ4v) is 8.19. The van der Waals surface area contributed by atoms with Crippen LogP contribution in [0.25, 0.3) is 0 Å². The van der Waals surface area contributed by atoms with Gasteiger partial charge in [-0.15, -0.1) is 0 Å². The van der Waals surface area contributed by atoms with Crippen LogP contribution >= 0.6 is 15.9 Å². The summed E-state index contributed by atoms with van der Waals surface area (Å²) in [6.45, 7) is 2.33. The Labute approximate surface area is 150 Å². The predicted octanol–water partition coefficient (Wildman–Crippen LogP) is 7.60. The molecule has 0 aromatic carbocycles. The molecule has 1 heterocycles. The predicted molar refractivity (Wildman–Crippen MR) is 106 cm³/mol. The largest absolute Gasteiger partial charge is 0.0891 e. The van der Waals surface area contributed by atoms with E-state index >= 15 is 0 Å². The van der Waals surface area contributed by atoms with E-state index in [1.54, 1.807) is 37.4 Å². The van der Waals surface area contributed by atoms with Crippen molar-refractivity contribution in [3.63, 3.8) is 0 Å². The zero-order valence-electron chi connectivity index (χ0n) is 14.9. The lowest BCUT2D eigenvalue weighted by Gasteiger charge is -2.28. The van der Waals surface area contributed by atoms with Crippen LogP contribution in [0.15, 0.2) is 0 Å². The van der Waals surface area contributed by atoms with Gasteiger partial charge in [0.2, 0.25) is 0 Å². The molecule has 0 aromatic rings. The molecule has 1 saturated carbocycles. The fraction of sp³-hybridized carbons (Fsp3) is 1.00. The first kappa shape index (κ1) is 19.0. The molecule has 0 atom stereocenters. The molecule has 129 valence electrons. The fourth-order valence-electron chi connectivity index (χ4n) is 4.53. The Morgan fingerprint density at radius 3 is 1.95 bits per heavy atom. The van der Waals surface area contributed by atoms with Gasteiger partial charge in [0.1, 0.15) is 0 Å². The van der Waals surface area contributed by atoms with E-state index in [0.29, 0.717) is 0 Å². The highest BCUT2D eigenvalue weighted by atomic mass is 79.9. The summed E-state index contributed by atoms with van der Waals surface area (Å²) in [4.78, 5) is 0.833. The third-order valence-electron chi connectivity index (χ3n) is 6.20. The van der Waals surface area contributed by atoms with Gasteiger partial charge in [-0.3, -0.25) is 0 Å². The van der Waals surface area contributed by atoms with Crippen LogP contribution in [0.5, 0.6) is 0 Å². The molecule has 0 aromatic heterocycles. The molecule has 0 amide bonds. The Kier molecular flexibility index (Phi) is 9.76. The van der Waals surface area contributed by atoms with Gasteiger partial charge in [-0.2, -0.15) is 0 Å². The molecule has 0 unspecified atom stereocenters. The van der Waals surface area contributed by atoms with Crippen molar-refractivity contribution in [1.82, 2.24) is 0 Å². The normalized spacial score (nSPS) is 28.1. The number of halogens is 1. The van der Waals surface area contributed by atoms with Crippen molar-refractivity contribution in [3.8, 4) is 0 Å². The molecule has 1 saturated heterocycles. The van der Waals surface area contributed by atoms with E-state index in [9.17, 15) is 0 Å². The van der Waals surface area contributed by atoms with E-state index in [0.717, 1.165) is 16.7 Å².